The van der Waals surface area contributed by atoms with Crippen LogP contribution in [0.5, 0.6) is 5.75 Å². The first-order valence-corrected chi connectivity index (χ1v) is 9.31. The molecule has 0 unspecified atom stereocenters. The summed E-state index contributed by atoms with van der Waals surface area (Å²) < 4.78 is 33.0. The summed E-state index contributed by atoms with van der Waals surface area (Å²) in [5.41, 5.74) is 8.08. The number of hydrogen-bond acceptors (Lipinski definition) is 4. The SMILES string of the molecule is Cc1cnc2[nH]cc(-c3ccc(OC[C@@](C)(N)CC(C)C)c(C(F)F)n3)c2c1. The minimum Gasteiger partial charge on any atom is -0.490 e. The maximum atomic E-state index is 13.7. The van der Waals surface area contributed by atoms with Gasteiger partial charge in [-0.15, -0.1) is 0 Å². The van der Waals surface area contributed by atoms with E-state index in [1.54, 1.807) is 18.5 Å². The minimum absolute atomic E-state index is 0.0633. The van der Waals surface area contributed by atoms with E-state index < -0.39 is 12.0 Å². The van der Waals surface area contributed by atoms with Crippen molar-refractivity contribution in [2.75, 3.05) is 6.61 Å². The van der Waals surface area contributed by atoms with Gasteiger partial charge < -0.3 is 15.5 Å². The average molecular weight is 388 g/mol. The Hall–Kier alpha value is -2.54. The zero-order valence-corrected chi connectivity index (χ0v) is 16.6. The van der Waals surface area contributed by atoms with Crippen LogP contribution < -0.4 is 10.5 Å². The van der Waals surface area contributed by atoms with Crippen LogP contribution >= 0.6 is 0 Å². The van der Waals surface area contributed by atoms with Crippen molar-refractivity contribution < 1.29 is 13.5 Å². The van der Waals surface area contributed by atoms with E-state index in [2.05, 4.69) is 28.8 Å². The molecule has 0 amide bonds. The highest BCUT2D eigenvalue weighted by atomic mass is 19.3. The molecule has 0 aliphatic heterocycles. The Bertz CT molecular complexity index is 966. The molecule has 150 valence electrons. The van der Waals surface area contributed by atoms with Crippen molar-refractivity contribution in [3.8, 4) is 17.0 Å². The quantitative estimate of drug-likeness (QED) is 0.596. The van der Waals surface area contributed by atoms with Crippen LogP contribution in [-0.4, -0.2) is 27.1 Å². The van der Waals surface area contributed by atoms with Crippen molar-refractivity contribution in [3.05, 3.63) is 41.9 Å². The molecule has 0 bridgehead atoms. The molecule has 0 aliphatic carbocycles. The molecule has 7 heteroatoms. The summed E-state index contributed by atoms with van der Waals surface area (Å²) in [6, 6.07) is 5.17. The molecule has 3 rings (SSSR count). The van der Waals surface area contributed by atoms with Crippen LogP contribution in [0.25, 0.3) is 22.3 Å². The van der Waals surface area contributed by atoms with Crippen LogP contribution in [0.2, 0.25) is 0 Å². The number of nitrogens with two attached hydrogens (primary N) is 1. The number of halogens is 2. The summed E-state index contributed by atoms with van der Waals surface area (Å²) >= 11 is 0. The second kappa shape index (κ2) is 7.83. The molecule has 3 aromatic heterocycles. The second-order valence-corrected chi connectivity index (χ2v) is 8.03. The molecule has 3 heterocycles. The summed E-state index contributed by atoms with van der Waals surface area (Å²) in [4.78, 5) is 11.6. The number of aromatic amines is 1. The van der Waals surface area contributed by atoms with Gasteiger partial charge in [-0.1, -0.05) is 13.8 Å². The number of nitrogens with one attached hydrogen (secondary N) is 1. The number of hydrogen-bond donors (Lipinski definition) is 2. The molecule has 5 nitrogen and oxygen atoms in total. The standard InChI is InChI=1S/C21H26F2N4O/c1-12(2)8-21(4,24)11-28-17-6-5-16(27-18(17)19(22)23)15-10-26-20-14(15)7-13(3)9-25-20/h5-7,9-10,12,19H,8,11,24H2,1-4H3,(H,25,26)/t21-/m0/s1. The fraction of sp³-hybridized carbons (Fsp3) is 0.429. The van der Waals surface area contributed by atoms with Crippen molar-refractivity contribution in [1.82, 2.24) is 15.0 Å². The van der Waals surface area contributed by atoms with Crippen LogP contribution in [0, 0.1) is 12.8 Å². The van der Waals surface area contributed by atoms with Gasteiger partial charge in [0.25, 0.3) is 6.43 Å². The first-order valence-electron chi connectivity index (χ1n) is 9.31. The third kappa shape index (κ3) is 4.47. The Morgan fingerprint density at radius 3 is 2.71 bits per heavy atom. The maximum Gasteiger partial charge on any atom is 0.284 e. The Morgan fingerprint density at radius 2 is 2.04 bits per heavy atom. The maximum absolute atomic E-state index is 13.7. The van der Waals surface area contributed by atoms with Crippen molar-refractivity contribution in [3.63, 3.8) is 0 Å². The number of fused-ring (bicyclic) bond motifs is 1. The van der Waals surface area contributed by atoms with E-state index >= 15 is 0 Å². The number of pyridine rings is 2. The van der Waals surface area contributed by atoms with Crippen LogP contribution in [-0.2, 0) is 0 Å². The average Bonchev–Trinajstić information content (AvgIpc) is 3.01. The molecule has 3 aromatic rings. The van der Waals surface area contributed by atoms with Gasteiger partial charge in [0.2, 0.25) is 0 Å². The number of alkyl halides is 2. The summed E-state index contributed by atoms with van der Waals surface area (Å²) in [6.07, 6.45) is 1.45. The van der Waals surface area contributed by atoms with Crippen LogP contribution in [0.3, 0.4) is 0 Å². The highest BCUT2D eigenvalue weighted by molar-refractivity contribution is 5.92. The lowest BCUT2D eigenvalue weighted by molar-refractivity contribution is 0.134. The molecule has 0 fully saturated rings. The molecule has 0 saturated heterocycles. The Kier molecular flexibility index (Phi) is 5.65. The predicted octanol–water partition coefficient (Wildman–Crippen LogP) is 5.01. The fourth-order valence-electron chi connectivity index (χ4n) is 3.44. The van der Waals surface area contributed by atoms with Crippen molar-refractivity contribution in [2.45, 2.75) is 46.1 Å². The van der Waals surface area contributed by atoms with Gasteiger partial charge in [0.1, 0.15) is 23.7 Å². The molecular formula is C21H26F2N4O. The number of aromatic nitrogens is 3. The van der Waals surface area contributed by atoms with E-state index in [9.17, 15) is 8.78 Å². The van der Waals surface area contributed by atoms with E-state index in [-0.39, 0.29) is 18.1 Å². The Morgan fingerprint density at radius 1 is 1.29 bits per heavy atom. The lowest BCUT2D eigenvalue weighted by Gasteiger charge is -2.27. The molecule has 0 saturated carbocycles. The number of nitrogens with zero attached hydrogens (tertiary/aromatic N) is 2. The van der Waals surface area contributed by atoms with Crippen molar-refractivity contribution in [2.24, 2.45) is 11.7 Å². The topological polar surface area (TPSA) is 76.8 Å². The number of ether oxygens (including phenoxy) is 1. The summed E-state index contributed by atoms with van der Waals surface area (Å²) in [6.45, 7) is 8.05. The van der Waals surface area contributed by atoms with E-state index in [1.807, 2.05) is 19.9 Å². The molecule has 1 atom stereocenters. The van der Waals surface area contributed by atoms with E-state index in [1.165, 1.54) is 6.07 Å². The minimum atomic E-state index is -2.76. The molecule has 0 aliphatic rings. The highest BCUT2D eigenvalue weighted by Gasteiger charge is 2.24. The molecule has 28 heavy (non-hydrogen) atoms. The fourth-order valence-corrected chi connectivity index (χ4v) is 3.44. The van der Waals surface area contributed by atoms with Crippen molar-refractivity contribution in [1.29, 1.82) is 0 Å². The number of H-pyrrole nitrogens is 1. The van der Waals surface area contributed by atoms with Crippen LogP contribution in [0.15, 0.2) is 30.6 Å². The normalized spacial score (nSPS) is 14.0. The Balaban J connectivity index is 1.92. The Labute approximate surface area is 163 Å². The lowest BCUT2D eigenvalue weighted by atomic mass is 9.93. The second-order valence-electron chi connectivity index (χ2n) is 8.03. The largest absolute Gasteiger partial charge is 0.490 e. The van der Waals surface area contributed by atoms with Gasteiger partial charge in [0, 0.05) is 28.9 Å². The van der Waals surface area contributed by atoms with Crippen molar-refractivity contribution >= 4 is 11.0 Å². The van der Waals surface area contributed by atoms with Crippen LogP contribution in [0.1, 0.15) is 44.9 Å². The third-order valence-electron chi connectivity index (χ3n) is 4.47. The van der Waals surface area contributed by atoms with E-state index in [4.69, 9.17) is 10.5 Å². The highest BCUT2D eigenvalue weighted by Crippen LogP contribution is 2.33. The predicted molar refractivity (Wildman–Crippen MR) is 107 cm³/mol. The van der Waals surface area contributed by atoms with Crippen LogP contribution in [0.4, 0.5) is 8.78 Å². The molecule has 0 spiro atoms. The zero-order chi connectivity index (χ0) is 20.5. The number of rotatable bonds is 7. The first kappa shape index (κ1) is 20.2. The third-order valence-corrected chi connectivity index (χ3v) is 4.47. The van der Waals surface area contributed by atoms with Gasteiger partial charge >= 0.3 is 0 Å². The van der Waals surface area contributed by atoms with Gasteiger partial charge in [0.05, 0.1) is 5.69 Å². The lowest BCUT2D eigenvalue weighted by Crippen LogP contribution is -2.43. The van der Waals surface area contributed by atoms with Gasteiger partial charge in [0.15, 0.2) is 0 Å². The van der Waals surface area contributed by atoms with Gasteiger partial charge in [-0.2, -0.15) is 0 Å². The smallest absolute Gasteiger partial charge is 0.284 e. The van der Waals surface area contributed by atoms with Gasteiger partial charge in [-0.05, 0) is 49.9 Å². The van der Waals surface area contributed by atoms with E-state index in [0.29, 0.717) is 17.3 Å². The van der Waals surface area contributed by atoms with Gasteiger partial charge in [-0.25, -0.2) is 18.7 Å². The molecule has 3 N–H and O–H groups in total. The number of aryl methyl sites for hydroxylation is 1. The zero-order valence-electron chi connectivity index (χ0n) is 16.6. The summed E-state index contributed by atoms with van der Waals surface area (Å²) in [5.74, 6) is 0.445. The van der Waals surface area contributed by atoms with E-state index in [0.717, 1.165) is 22.9 Å². The molecule has 0 aromatic carbocycles. The summed E-state index contributed by atoms with van der Waals surface area (Å²) in [7, 11) is 0. The summed E-state index contributed by atoms with van der Waals surface area (Å²) in [5, 5.41) is 0.841. The molecular weight excluding hydrogens is 362 g/mol. The van der Waals surface area contributed by atoms with Gasteiger partial charge in [-0.3, -0.25) is 0 Å². The first-order chi connectivity index (χ1) is 13.2. The monoisotopic (exact) mass is 388 g/mol. The molecule has 0 radical (unpaired) electrons.